The number of esters is 1. The second-order valence-electron chi connectivity index (χ2n) is 6.31. The van der Waals surface area contributed by atoms with Crippen LogP contribution in [0.1, 0.15) is 32.3 Å². The lowest BCUT2D eigenvalue weighted by molar-refractivity contribution is -0.146. The summed E-state index contributed by atoms with van der Waals surface area (Å²) in [6.07, 6.45) is 2.46. The molecule has 1 aromatic rings. The van der Waals surface area contributed by atoms with Crippen molar-refractivity contribution < 1.29 is 14.3 Å². The fourth-order valence-electron chi connectivity index (χ4n) is 3.21. The summed E-state index contributed by atoms with van der Waals surface area (Å²) in [6.45, 7) is 7.90. The molecule has 0 spiro atoms. The Kier molecular flexibility index (Phi) is 11.2. The number of aliphatic imine (C=N–C) groups is 1. The predicted octanol–water partition coefficient (Wildman–Crippen LogP) is 3.10. The van der Waals surface area contributed by atoms with Gasteiger partial charge in [0.05, 0.1) is 19.6 Å². The highest BCUT2D eigenvalue weighted by molar-refractivity contribution is 14.0. The lowest BCUT2D eigenvalue weighted by Crippen LogP contribution is -2.46. The number of ether oxygens (including phenoxy) is 2. The number of hydrogen-bond acceptors (Lipinski definition) is 4. The molecule has 1 aliphatic heterocycles. The summed E-state index contributed by atoms with van der Waals surface area (Å²) in [4.78, 5) is 18.7. The minimum absolute atomic E-state index is 0. The van der Waals surface area contributed by atoms with E-state index in [4.69, 9.17) is 14.5 Å². The van der Waals surface area contributed by atoms with E-state index < -0.39 is 0 Å². The zero-order valence-electron chi connectivity index (χ0n) is 16.6. The largest absolute Gasteiger partial charge is 0.494 e. The van der Waals surface area contributed by atoms with Crippen molar-refractivity contribution >= 4 is 35.9 Å². The Morgan fingerprint density at radius 1 is 1.26 bits per heavy atom. The first-order chi connectivity index (χ1) is 12.7. The van der Waals surface area contributed by atoms with Crippen molar-refractivity contribution in [3.05, 3.63) is 29.8 Å². The minimum Gasteiger partial charge on any atom is -0.494 e. The average molecular weight is 489 g/mol. The second-order valence-corrected chi connectivity index (χ2v) is 6.31. The first-order valence-electron chi connectivity index (χ1n) is 9.51. The molecule has 152 valence electrons. The summed E-state index contributed by atoms with van der Waals surface area (Å²) in [7, 11) is 1.46. The molecular formula is C20H32IN3O3. The molecule has 0 amide bonds. The van der Waals surface area contributed by atoms with Crippen LogP contribution in [-0.4, -0.2) is 56.7 Å². The normalized spacial score (nSPS) is 15.1. The molecule has 0 saturated carbocycles. The molecule has 0 aliphatic carbocycles. The highest BCUT2D eigenvalue weighted by Gasteiger charge is 2.26. The third kappa shape index (κ3) is 7.20. The lowest BCUT2D eigenvalue weighted by atomic mass is 9.97. The summed E-state index contributed by atoms with van der Waals surface area (Å²) in [5.41, 5.74) is 1.18. The van der Waals surface area contributed by atoms with E-state index in [1.807, 2.05) is 25.1 Å². The van der Waals surface area contributed by atoms with Gasteiger partial charge in [0.15, 0.2) is 5.96 Å². The van der Waals surface area contributed by atoms with Crippen molar-refractivity contribution in [1.82, 2.24) is 10.2 Å². The van der Waals surface area contributed by atoms with Gasteiger partial charge in [-0.05, 0) is 44.7 Å². The van der Waals surface area contributed by atoms with E-state index in [1.54, 1.807) is 0 Å². The first kappa shape index (κ1) is 23.5. The summed E-state index contributed by atoms with van der Waals surface area (Å²) >= 11 is 0. The molecule has 0 radical (unpaired) electrons. The molecule has 1 heterocycles. The number of piperidine rings is 1. The molecule has 1 aromatic carbocycles. The molecule has 0 bridgehead atoms. The van der Waals surface area contributed by atoms with Crippen LogP contribution in [0.3, 0.4) is 0 Å². The number of halogens is 1. The molecule has 6 nitrogen and oxygen atoms in total. The Morgan fingerprint density at radius 3 is 2.59 bits per heavy atom. The average Bonchev–Trinajstić information content (AvgIpc) is 2.68. The Morgan fingerprint density at radius 2 is 1.96 bits per heavy atom. The predicted molar refractivity (Wildman–Crippen MR) is 119 cm³/mol. The van der Waals surface area contributed by atoms with Gasteiger partial charge in [-0.25, -0.2) is 0 Å². The Balaban J connectivity index is 0.00000364. The maximum atomic E-state index is 11.7. The number of benzene rings is 1. The van der Waals surface area contributed by atoms with Crippen LogP contribution in [0.4, 0.5) is 0 Å². The zero-order valence-corrected chi connectivity index (χ0v) is 18.9. The molecular weight excluding hydrogens is 457 g/mol. The number of carbonyl (C=O) groups excluding carboxylic acids is 1. The highest BCUT2D eigenvalue weighted by Crippen LogP contribution is 2.20. The zero-order chi connectivity index (χ0) is 18.8. The van der Waals surface area contributed by atoms with Gasteiger partial charge in [0.1, 0.15) is 5.75 Å². The molecule has 1 N–H and O–H groups in total. The number of nitrogens with one attached hydrogen (secondary N) is 1. The summed E-state index contributed by atoms with van der Waals surface area (Å²) in [5.74, 6) is 1.77. The van der Waals surface area contributed by atoms with Gasteiger partial charge in [0.2, 0.25) is 0 Å². The van der Waals surface area contributed by atoms with Crippen molar-refractivity contribution in [1.29, 1.82) is 0 Å². The Bertz CT molecular complexity index is 602. The summed E-state index contributed by atoms with van der Waals surface area (Å²) < 4.78 is 10.5. The van der Waals surface area contributed by atoms with E-state index in [0.29, 0.717) is 13.2 Å². The van der Waals surface area contributed by atoms with Gasteiger partial charge < -0.3 is 19.7 Å². The highest BCUT2D eigenvalue weighted by atomic mass is 127. The number of carbonyl (C=O) groups is 1. The molecule has 2 rings (SSSR count). The van der Waals surface area contributed by atoms with Gasteiger partial charge in [-0.1, -0.05) is 18.2 Å². The van der Waals surface area contributed by atoms with Crippen LogP contribution in [0.2, 0.25) is 0 Å². The maximum Gasteiger partial charge on any atom is 0.308 e. The third-order valence-electron chi connectivity index (χ3n) is 4.58. The van der Waals surface area contributed by atoms with E-state index in [0.717, 1.165) is 50.6 Å². The van der Waals surface area contributed by atoms with Crippen LogP contribution in [0.25, 0.3) is 0 Å². The molecule has 0 atom stereocenters. The van der Waals surface area contributed by atoms with E-state index >= 15 is 0 Å². The summed E-state index contributed by atoms with van der Waals surface area (Å²) in [6, 6.07) is 8.12. The Hall–Kier alpha value is -1.51. The molecule has 27 heavy (non-hydrogen) atoms. The number of likely N-dealkylation sites (tertiary alicyclic amines) is 1. The standard InChI is InChI=1S/C20H31N3O3.HI/c1-4-21-20(23-14-11-17(12-15-23)19(24)25-3)22-13-10-16-8-6-7-9-18(16)26-5-2;/h6-9,17H,4-5,10-15H2,1-3H3,(H,21,22);1H. The molecule has 7 heteroatoms. The van der Waals surface area contributed by atoms with Crippen LogP contribution in [0, 0.1) is 5.92 Å². The van der Waals surface area contributed by atoms with Crippen molar-refractivity contribution in [3.8, 4) is 5.75 Å². The van der Waals surface area contributed by atoms with E-state index in [2.05, 4.69) is 23.2 Å². The minimum atomic E-state index is -0.0980. The molecule has 1 aliphatic rings. The van der Waals surface area contributed by atoms with Crippen molar-refractivity contribution in [2.75, 3.05) is 39.9 Å². The number of para-hydroxylation sites is 1. The van der Waals surface area contributed by atoms with Crippen LogP contribution < -0.4 is 10.1 Å². The number of rotatable bonds is 7. The monoisotopic (exact) mass is 489 g/mol. The van der Waals surface area contributed by atoms with Gasteiger partial charge in [0, 0.05) is 26.2 Å². The molecule has 0 aromatic heterocycles. The maximum absolute atomic E-state index is 11.7. The fourth-order valence-corrected chi connectivity index (χ4v) is 3.21. The molecule has 1 saturated heterocycles. The van der Waals surface area contributed by atoms with E-state index in [1.165, 1.54) is 12.7 Å². The van der Waals surface area contributed by atoms with Gasteiger partial charge in [-0.3, -0.25) is 9.79 Å². The van der Waals surface area contributed by atoms with Gasteiger partial charge in [0.25, 0.3) is 0 Å². The SMILES string of the molecule is CCNC(=NCCc1ccccc1OCC)N1CCC(C(=O)OC)CC1.I. The second kappa shape index (κ2) is 12.8. The first-order valence-corrected chi connectivity index (χ1v) is 9.51. The van der Waals surface area contributed by atoms with Crippen LogP contribution in [0.15, 0.2) is 29.3 Å². The van der Waals surface area contributed by atoms with Crippen molar-refractivity contribution in [2.24, 2.45) is 10.9 Å². The smallest absolute Gasteiger partial charge is 0.308 e. The van der Waals surface area contributed by atoms with Crippen molar-refractivity contribution in [2.45, 2.75) is 33.1 Å². The number of nitrogens with zero attached hydrogens (tertiary/aromatic N) is 2. The van der Waals surface area contributed by atoms with Gasteiger partial charge in [-0.2, -0.15) is 0 Å². The van der Waals surface area contributed by atoms with Gasteiger partial charge >= 0.3 is 5.97 Å². The van der Waals surface area contributed by atoms with Crippen LogP contribution in [0.5, 0.6) is 5.75 Å². The van der Waals surface area contributed by atoms with Crippen LogP contribution >= 0.6 is 24.0 Å². The topological polar surface area (TPSA) is 63.2 Å². The number of hydrogen-bond donors (Lipinski definition) is 1. The van der Waals surface area contributed by atoms with Crippen LogP contribution in [-0.2, 0) is 16.0 Å². The third-order valence-corrected chi connectivity index (χ3v) is 4.58. The van der Waals surface area contributed by atoms with E-state index in [-0.39, 0.29) is 35.9 Å². The van der Waals surface area contributed by atoms with Crippen molar-refractivity contribution in [3.63, 3.8) is 0 Å². The van der Waals surface area contributed by atoms with Gasteiger partial charge in [-0.15, -0.1) is 24.0 Å². The lowest BCUT2D eigenvalue weighted by Gasteiger charge is -2.33. The molecule has 1 fully saturated rings. The number of methoxy groups -OCH3 is 1. The Labute approximate surface area is 179 Å². The number of guanidine groups is 1. The van der Waals surface area contributed by atoms with E-state index in [9.17, 15) is 4.79 Å². The quantitative estimate of drug-likeness (QED) is 0.276. The molecule has 0 unspecified atom stereocenters. The summed E-state index contributed by atoms with van der Waals surface area (Å²) in [5, 5.41) is 3.36. The fraction of sp³-hybridized carbons (Fsp3) is 0.600.